The fraction of sp³-hybridized carbons (Fsp3) is 0.500. The Morgan fingerprint density at radius 2 is 1.76 bits per heavy atom. The molecule has 2 aliphatic rings. The molecule has 0 N–H and O–H groups in total. The number of methoxy groups -OCH3 is 1. The van der Waals surface area contributed by atoms with Crippen LogP contribution in [-0.2, 0) is 35.0 Å². The topological polar surface area (TPSA) is 136 Å². The molecule has 4 rings (SSSR count). The van der Waals surface area contributed by atoms with Gasteiger partial charge in [0.1, 0.15) is 18.5 Å². The van der Waals surface area contributed by atoms with Crippen molar-refractivity contribution in [3.63, 3.8) is 0 Å². The Kier molecular flexibility index (Phi) is 12.6. The number of ether oxygens (including phenoxy) is 5. The van der Waals surface area contributed by atoms with Crippen LogP contribution in [-0.4, -0.2) is 62.4 Å². The molecule has 2 aromatic carbocycles. The van der Waals surface area contributed by atoms with E-state index in [0.717, 1.165) is 24.8 Å². The van der Waals surface area contributed by atoms with Crippen LogP contribution in [0.25, 0.3) is 0 Å². The molecule has 0 saturated heterocycles. The number of aliphatic imine (C=N–C) groups is 1. The Morgan fingerprint density at radius 1 is 1.00 bits per heavy atom. The minimum atomic E-state index is -0.934. The Balaban J connectivity index is 1.26. The first-order valence-corrected chi connectivity index (χ1v) is 15.4. The van der Waals surface area contributed by atoms with E-state index in [0.29, 0.717) is 55.3 Å². The lowest BCUT2D eigenvalue weighted by molar-refractivity contribution is -0.384. The summed E-state index contributed by atoms with van der Waals surface area (Å²) < 4.78 is 27.9. The summed E-state index contributed by atoms with van der Waals surface area (Å²) in [7, 11) is 1.25. The summed E-state index contributed by atoms with van der Waals surface area (Å²) in [6.07, 6.45) is 7.57. The number of benzene rings is 2. The number of rotatable bonds is 15. The molecular formula is C34H42N2O9. The first-order chi connectivity index (χ1) is 21.8. The van der Waals surface area contributed by atoms with Crippen molar-refractivity contribution in [2.75, 3.05) is 33.7 Å². The molecule has 0 spiro atoms. The van der Waals surface area contributed by atoms with Crippen molar-refractivity contribution in [1.82, 2.24) is 0 Å². The van der Waals surface area contributed by atoms with Crippen LogP contribution in [0.5, 0.6) is 5.75 Å². The van der Waals surface area contributed by atoms with Crippen molar-refractivity contribution in [3.8, 4) is 5.75 Å². The standard InChI is InChI=1S/C34H42N2O9/c1-23-30(33(37)41-3)32(26-9-7-10-27(21-26)36(39)40)31(24(2)35-23)34(38)44-19-8-18-43-29-15-13-25(14-16-29)17-20-42-22-45-28-11-5-4-6-12-28/h7,9-10,13-16,21,28,30,32H,4-6,8,11-12,17-20,22H2,1-3H3. The lowest BCUT2D eigenvalue weighted by Gasteiger charge is -2.31. The number of non-ortho nitro benzene ring substituents is 1. The van der Waals surface area contributed by atoms with Gasteiger partial charge in [0, 0.05) is 35.9 Å². The summed E-state index contributed by atoms with van der Waals surface area (Å²) in [5, 5.41) is 11.4. The highest BCUT2D eigenvalue weighted by molar-refractivity contribution is 6.07. The molecule has 0 radical (unpaired) electrons. The predicted molar refractivity (Wildman–Crippen MR) is 167 cm³/mol. The van der Waals surface area contributed by atoms with E-state index in [2.05, 4.69) is 4.99 Å². The third kappa shape index (κ3) is 9.45. The molecule has 242 valence electrons. The second-order valence-electron chi connectivity index (χ2n) is 11.3. The minimum Gasteiger partial charge on any atom is -0.493 e. The van der Waals surface area contributed by atoms with Gasteiger partial charge in [-0.1, -0.05) is 43.5 Å². The van der Waals surface area contributed by atoms with E-state index in [4.69, 9.17) is 23.7 Å². The van der Waals surface area contributed by atoms with Gasteiger partial charge in [0.15, 0.2) is 0 Å². The van der Waals surface area contributed by atoms with Crippen LogP contribution >= 0.6 is 0 Å². The number of allylic oxidation sites excluding steroid dienone is 1. The van der Waals surface area contributed by atoms with Gasteiger partial charge in [0.05, 0.1) is 43.5 Å². The average molecular weight is 623 g/mol. The first kappa shape index (κ1) is 33.8. The SMILES string of the molecule is COC(=O)C1C(C)=NC(C)=C(C(=O)OCCCOc2ccc(CCOCOC3CCCCC3)cc2)C1c1cccc([N+](=O)[O-])c1. The molecule has 1 fully saturated rings. The molecular weight excluding hydrogens is 580 g/mol. The largest absolute Gasteiger partial charge is 0.493 e. The molecule has 0 amide bonds. The van der Waals surface area contributed by atoms with E-state index in [-0.39, 0.29) is 17.9 Å². The van der Waals surface area contributed by atoms with Crippen LogP contribution in [0.3, 0.4) is 0 Å². The van der Waals surface area contributed by atoms with E-state index in [1.165, 1.54) is 44.6 Å². The van der Waals surface area contributed by atoms with E-state index >= 15 is 0 Å². The van der Waals surface area contributed by atoms with Crippen LogP contribution in [0, 0.1) is 16.0 Å². The molecule has 2 atom stereocenters. The van der Waals surface area contributed by atoms with Crippen molar-refractivity contribution >= 4 is 23.3 Å². The van der Waals surface area contributed by atoms with Gasteiger partial charge < -0.3 is 23.7 Å². The fourth-order valence-electron chi connectivity index (χ4n) is 5.80. The molecule has 0 aromatic heterocycles. The number of hydrogen-bond donors (Lipinski definition) is 0. The highest BCUT2D eigenvalue weighted by Crippen LogP contribution is 2.41. The Bertz CT molecular complexity index is 1380. The third-order valence-corrected chi connectivity index (χ3v) is 8.13. The molecule has 45 heavy (non-hydrogen) atoms. The summed E-state index contributed by atoms with van der Waals surface area (Å²) in [5.41, 5.74) is 2.39. The van der Waals surface area contributed by atoms with Crippen molar-refractivity contribution < 1.29 is 38.2 Å². The zero-order valence-electron chi connectivity index (χ0n) is 26.2. The van der Waals surface area contributed by atoms with Gasteiger partial charge in [-0.15, -0.1) is 0 Å². The van der Waals surface area contributed by atoms with Crippen molar-refractivity contribution in [2.24, 2.45) is 10.9 Å². The van der Waals surface area contributed by atoms with E-state index in [9.17, 15) is 19.7 Å². The van der Waals surface area contributed by atoms with E-state index in [1.807, 2.05) is 24.3 Å². The number of nitro groups is 1. The van der Waals surface area contributed by atoms with Crippen LogP contribution in [0.4, 0.5) is 5.69 Å². The number of hydrogen-bond acceptors (Lipinski definition) is 10. The van der Waals surface area contributed by atoms with Crippen LogP contribution in [0.2, 0.25) is 0 Å². The van der Waals surface area contributed by atoms with Gasteiger partial charge >= 0.3 is 11.9 Å². The first-order valence-electron chi connectivity index (χ1n) is 15.4. The molecule has 1 aliphatic carbocycles. The van der Waals surface area contributed by atoms with Gasteiger partial charge in [-0.3, -0.25) is 19.9 Å². The Morgan fingerprint density at radius 3 is 2.47 bits per heavy atom. The smallest absolute Gasteiger partial charge is 0.336 e. The van der Waals surface area contributed by atoms with Gasteiger partial charge in [0.25, 0.3) is 5.69 Å². The van der Waals surface area contributed by atoms with Crippen molar-refractivity contribution in [3.05, 3.63) is 81.0 Å². The molecule has 2 unspecified atom stereocenters. The van der Waals surface area contributed by atoms with Crippen LogP contribution in [0.15, 0.2) is 64.8 Å². The average Bonchev–Trinajstić information content (AvgIpc) is 3.04. The quantitative estimate of drug-likeness (QED) is 0.0759. The molecule has 1 heterocycles. The molecule has 11 heteroatoms. The zero-order valence-corrected chi connectivity index (χ0v) is 26.2. The maximum absolute atomic E-state index is 13.4. The monoisotopic (exact) mass is 622 g/mol. The summed E-state index contributed by atoms with van der Waals surface area (Å²) in [5.74, 6) is -2.33. The number of carbonyl (C=O) groups is 2. The summed E-state index contributed by atoms with van der Waals surface area (Å²) in [6.45, 7) is 4.64. The van der Waals surface area contributed by atoms with E-state index in [1.54, 1.807) is 19.9 Å². The lowest BCUT2D eigenvalue weighted by atomic mass is 9.75. The maximum atomic E-state index is 13.4. The van der Waals surface area contributed by atoms with Crippen LogP contribution in [0.1, 0.15) is 69.4 Å². The number of carbonyl (C=O) groups excluding carboxylic acids is 2. The second kappa shape index (κ2) is 16.8. The lowest BCUT2D eigenvalue weighted by Crippen LogP contribution is -2.36. The van der Waals surface area contributed by atoms with Gasteiger partial charge in [-0.05, 0) is 56.4 Å². The Labute approximate surface area is 263 Å². The molecule has 2 aromatic rings. The van der Waals surface area contributed by atoms with Gasteiger partial charge in [0.2, 0.25) is 0 Å². The molecule has 0 bridgehead atoms. The summed E-state index contributed by atoms with van der Waals surface area (Å²) in [6, 6.07) is 13.7. The molecule has 1 saturated carbocycles. The predicted octanol–water partition coefficient (Wildman–Crippen LogP) is 6.09. The normalized spacial score (nSPS) is 18.7. The second-order valence-corrected chi connectivity index (χ2v) is 11.3. The number of nitro benzene ring substituents is 1. The summed E-state index contributed by atoms with van der Waals surface area (Å²) in [4.78, 5) is 41.5. The molecule has 1 aliphatic heterocycles. The van der Waals surface area contributed by atoms with Gasteiger partial charge in [-0.2, -0.15) is 0 Å². The van der Waals surface area contributed by atoms with Crippen molar-refractivity contribution in [1.29, 1.82) is 0 Å². The highest BCUT2D eigenvalue weighted by Gasteiger charge is 2.42. The Hall–Kier alpha value is -4.09. The van der Waals surface area contributed by atoms with Gasteiger partial charge in [-0.25, -0.2) is 4.79 Å². The third-order valence-electron chi connectivity index (χ3n) is 8.13. The fourth-order valence-corrected chi connectivity index (χ4v) is 5.80. The number of nitrogens with zero attached hydrogens (tertiary/aromatic N) is 2. The number of esters is 2. The maximum Gasteiger partial charge on any atom is 0.336 e. The minimum absolute atomic E-state index is 0.0706. The summed E-state index contributed by atoms with van der Waals surface area (Å²) >= 11 is 0. The van der Waals surface area contributed by atoms with Crippen molar-refractivity contribution in [2.45, 2.75) is 70.8 Å². The highest BCUT2D eigenvalue weighted by atomic mass is 16.7. The van der Waals surface area contributed by atoms with E-state index < -0.39 is 28.7 Å². The zero-order chi connectivity index (χ0) is 32.2. The molecule has 11 nitrogen and oxygen atoms in total. The van der Waals surface area contributed by atoms with Crippen LogP contribution < -0.4 is 4.74 Å².